The number of amides is 1. The predicted molar refractivity (Wildman–Crippen MR) is 94.5 cm³/mol. The Balaban J connectivity index is 1.93. The first kappa shape index (κ1) is 18.8. The van der Waals surface area contributed by atoms with E-state index >= 15 is 0 Å². The molecule has 1 N–H and O–H groups in total. The van der Waals surface area contributed by atoms with Crippen LogP contribution in [0.3, 0.4) is 0 Å². The van der Waals surface area contributed by atoms with Crippen LogP contribution in [0.5, 0.6) is 0 Å². The fourth-order valence-electron chi connectivity index (χ4n) is 2.62. The first-order valence-electron chi connectivity index (χ1n) is 8.15. The Bertz CT molecular complexity index is 910. The quantitative estimate of drug-likeness (QED) is 0.559. The Morgan fingerprint density at radius 2 is 2.15 bits per heavy atom. The maximum absolute atomic E-state index is 12.8. The fourth-order valence-corrected chi connectivity index (χ4v) is 3.47. The van der Waals surface area contributed by atoms with Crippen molar-refractivity contribution in [2.75, 3.05) is 0 Å². The van der Waals surface area contributed by atoms with Gasteiger partial charge in [0.2, 0.25) is 0 Å². The number of nitrogens with zero attached hydrogens (tertiary/aromatic N) is 5. The molecule has 10 nitrogen and oxygen atoms in total. The molecule has 1 aliphatic rings. The van der Waals surface area contributed by atoms with Crippen molar-refractivity contribution in [1.82, 2.24) is 19.7 Å². The summed E-state index contributed by atoms with van der Waals surface area (Å²) in [5.41, 5.74) is -0.156. The Morgan fingerprint density at radius 1 is 1.44 bits per heavy atom. The van der Waals surface area contributed by atoms with Gasteiger partial charge in [-0.05, 0) is 43.7 Å². The molecule has 3 rings (SSSR count). The second kappa shape index (κ2) is 7.35. The minimum atomic E-state index is -1.11. The van der Waals surface area contributed by atoms with Gasteiger partial charge in [0, 0.05) is 24.7 Å². The second-order valence-electron chi connectivity index (χ2n) is 6.22. The number of carboxylic acid groups (broad SMARTS) is 1. The van der Waals surface area contributed by atoms with E-state index in [0.29, 0.717) is 10.1 Å². The van der Waals surface area contributed by atoms with E-state index in [1.807, 2.05) is 0 Å². The number of hydrogen-bond donors (Lipinski definition) is 1. The number of carbonyl (C=O) groups excluding carboxylic acids is 1. The number of carboxylic acids is 1. The van der Waals surface area contributed by atoms with Gasteiger partial charge in [-0.15, -0.1) is 10.2 Å². The van der Waals surface area contributed by atoms with Crippen LogP contribution in [-0.4, -0.2) is 53.7 Å². The Labute approximate surface area is 158 Å². The average molecular weight is 391 g/mol. The van der Waals surface area contributed by atoms with Crippen molar-refractivity contribution < 1.29 is 19.6 Å². The zero-order valence-corrected chi connectivity index (χ0v) is 15.4. The van der Waals surface area contributed by atoms with Gasteiger partial charge >= 0.3 is 5.97 Å². The zero-order valence-electron chi connectivity index (χ0n) is 14.6. The van der Waals surface area contributed by atoms with E-state index in [-0.39, 0.29) is 17.3 Å². The first-order chi connectivity index (χ1) is 12.8. The third-order valence-corrected chi connectivity index (χ3v) is 5.34. The van der Waals surface area contributed by atoms with Gasteiger partial charge in [-0.1, -0.05) is 0 Å². The lowest BCUT2D eigenvalue weighted by atomic mass is 10.1. The Hall–Kier alpha value is -2.95. The molecule has 0 aliphatic heterocycles. The minimum absolute atomic E-state index is 0.0871. The molecule has 1 unspecified atom stereocenters. The van der Waals surface area contributed by atoms with Gasteiger partial charge in [-0.25, -0.2) is 4.79 Å². The van der Waals surface area contributed by atoms with Crippen LogP contribution < -0.4 is 0 Å². The summed E-state index contributed by atoms with van der Waals surface area (Å²) in [5, 5.41) is 28.8. The van der Waals surface area contributed by atoms with Crippen molar-refractivity contribution >= 4 is 29.3 Å². The van der Waals surface area contributed by atoms with Crippen molar-refractivity contribution in [2.45, 2.75) is 41.9 Å². The van der Waals surface area contributed by atoms with Gasteiger partial charge in [0.25, 0.3) is 11.6 Å². The van der Waals surface area contributed by atoms with Gasteiger partial charge in [0.15, 0.2) is 5.16 Å². The predicted octanol–water partition coefficient (Wildman–Crippen LogP) is 1.95. The maximum atomic E-state index is 12.8. The molecule has 1 saturated carbocycles. The Kier molecular flexibility index (Phi) is 5.13. The highest BCUT2D eigenvalue weighted by Crippen LogP contribution is 2.36. The monoisotopic (exact) mass is 391 g/mol. The van der Waals surface area contributed by atoms with Crippen LogP contribution in [0.1, 0.15) is 30.1 Å². The van der Waals surface area contributed by atoms with Crippen molar-refractivity contribution in [3.8, 4) is 0 Å². The normalized spacial score (nSPS) is 14.6. The SMILES string of the molecule is CC(C(=O)O)N(C(=O)c1ccc(Sc2nncn2C)c([N+](=O)[O-])c1)C1CC1. The molecular weight excluding hydrogens is 374 g/mol. The number of nitro benzene ring substituents is 1. The van der Waals surface area contributed by atoms with E-state index < -0.39 is 22.8 Å². The van der Waals surface area contributed by atoms with E-state index in [2.05, 4.69) is 10.2 Å². The van der Waals surface area contributed by atoms with Crippen LogP contribution in [0.4, 0.5) is 5.69 Å². The zero-order chi connectivity index (χ0) is 19.7. The topological polar surface area (TPSA) is 131 Å². The third-order valence-electron chi connectivity index (χ3n) is 4.22. The van der Waals surface area contributed by atoms with E-state index in [9.17, 15) is 24.8 Å². The number of rotatable bonds is 7. The van der Waals surface area contributed by atoms with Crippen molar-refractivity contribution in [2.24, 2.45) is 7.05 Å². The summed E-state index contributed by atoms with van der Waals surface area (Å²) in [6.45, 7) is 1.44. The number of hydrogen-bond acceptors (Lipinski definition) is 7. The summed E-state index contributed by atoms with van der Waals surface area (Å²) < 4.78 is 1.62. The summed E-state index contributed by atoms with van der Waals surface area (Å²) in [6.07, 6.45) is 2.93. The van der Waals surface area contributed by atoms with Gasteiger partial charge in [-0.2, -0.15) is 0 Å². The summed E-state index contributed by atoms with van der Waals surface area (Å²) >= 11 is 1.06. The highest BCUT2D eigenvalue weighted by atomic mass is 32.2. The van der Waals surface area contributed by atoms with Crippen LogP contribution in [0.15, 0.2) is 34.6 Å². The van der Waals surface area contributed by atoms with Gasteiger partial charge in [0.1, 0.15) is 12.4 Å². The number of aryl methyl sites for hydroxylation is 1. The Morgan fingerprint density at radius 3 is 2.67 bits per heavy atom. The highest BCUT2D eigenvalue weighted by molar-refractivity contribution is 7.99. The fraction of sp³-hybridized carbons (Fsp3) is 0.375. The highest BCUT2D eigenvalue weighted by Gasteiger charge is 2.39. The lowest BCUT2D eigenvalue weighted by Crippen LogP contribution is -2.44. The van der Waals surface area contributed by atoms with Crippen molar-refractivity contribution in [3.05, 3.63) is 40.2 Å². The van der Waals surface area contributed by atoms with Gasteiger partial charge in [0.05, 0.1) is 9.82 Å². The molecule has 1 heterocycles. The average Bonchev–Trinajstić information content (AvgIpc) is 3.37. The van der Waals surface area contributed by atoms with Crippen molar-refractivity contribution in [1.29, 1.82) is 0 Å². The molecule has 27 heavy (non-hydrogen) atoms. The van der Waals surface area contributed by atoms with Gasteiger partial charge in [-0.3, -0.25) is 14.9 Å². The second-order valence-corrected chi connectivity index (χ2v) is 7.23. The standard InChI is InChI=1S/C16H17N5O5S/c1-9(15(23)24)20(11-4-5-11)14(22)10-3-6-13(12(7-10)21(25)26)27-16-18-17-8-19(16)2/h3,6-9,11H,4-5H2,1-2H3,(H,23,24). The molecular formula is C16H17N5O5S. The molecule has 2 aromatic rings. The number of aromatic nitrogens is 3. The molecule has 1 aromatic heterocycles. The minimum Gasteiger partial charge on any atom is -0.480 e. The molecule has 1 fully saturated rings. The van der Waals surface area contributed by atoms with E-state index in [1.54, 1.807) is 11.6 Å². The summed E-state index contributed by atoms with van der Waals surface area (Å²) in [5.74, 6) is -1.63. The molecule has 0 saturated heterocycles. The van der Waals surface area contributed by atoms with Crippen LogP contribution in [0.25, 0.3) is 0 Å². The summed E-state index contributed by atoms with van der Waals surface area (Å²) in [6, 6.07) is 2.98. The van der Waals surface area contributed by atoms with E-state index in [1.165, 1.54) is 36.4 Å². The summed E-state index contributed by atoms with van der Waals surface area (Å²) in [7, 11) is 1.72. The van der Waals surface area contributed by atoms with Crippen LogP contribution in [0, 0.1) is 10.1 Å². The lowest BCUT2D eigenvalue weighted by molar-refractivity contribution is -0.387. The van der Waals surface area contributed by atoms with Crippen molar-refractivity contribution in [3.63, 3.8) is 0 Å². The van der Waals surface area contributed by atoms with Crippen LogP contribution >= 0.6 is 11.8 Å². The number of carbonyl (C=O) groups is 2. The number of benzene rings is 1. The number of nitro groups is 1. The van der Waals surface area contributed by atoms with E-state index in [4.69, 9.17) is 0 Å². The third kappa shape index (κ3) is 3.92. The van der Waals surface area contributed by atoms with Crippen LogP contribution in [-0.2, 0) is 11.8 Å². The molecule has 1 atom stereocenters. The lowest BCUT2D eigenvalue weighted by Gasteiger charge is -2.26. The van der Waals surface area contributed by atoms with E-state index in [0.717, 1.165) is 24.6 Å². The maximum Gasteiger partial charge on any atom is 0.326 e. The van der Waals surface area contributed by atoms with Crippen LogP contribution in [0.2, 0.25) is 0 Å². The first-order valence-corrected chi connectivity index (χ1v) is 8.97. The molecule has 1 amide bonds. The molecule has 0 radical (unpaired) electrons. The molecule has 1 aromatic carbocycles. The molecule has 11 heteroatoms. The summed E-state index contributed by atoms with van der Waals surface area (Å²) in [4.78, 5) is 36.7. The van der Waals surface area contributed by atoms with Gasteiger partial charge < -0.3 is 14.6 Å². The molecule has 142 valence electrons. The number of aliphatic carboxylic acids is 1. The molecule has 1 aliphatic carbocycles. The molecule has 0 spiro atoms. The smallest absolute Gasteiger partial charge is 0.326 e. The largest absolute Gasteiger partial charge is 0.480 e. The molecule has 0 bridgehead atoms.